The molecule has 9 heteroatoms. The van der Waals surface area contributed by atoms with Gasteiger partial charge in [0.15, 0.2) is 0 Å². The zero-order chi connectivity index (χ0) is 18.5. The van der Waals surface area contributed by atoms with Gasteiger partial charge >= 0.3 is 18.2 Å². The van der Waals surface area contributed by atoms with Gasteiger partial charge in [0, 0.05) is 6.42 Å². The van der Waals surface area contributed by atoms with Gasteiger partial charge in [0.1, 0.15) is 12.8 Å². The van der Waals surface area contributed by atoms with Crippen molar-refractivity contribution >= 4 is 23.9 Å². The van der Waals surface area contributed by atoms with Gasteiger partial charge in [0.25, 0.3) is 0 Å². The van der Waals surface area contributed by atoms with Crippen molar-refractivity contribution in [3.8, 4) is 0 Å². The van der Waals surface area contributed by atoms with Crippen LogP contribution >= 0.6 is 0 Å². The lowest BCUT2D eigenvalue weighted by Gasteiger charge is -2.19. The van der Waals surface area contributed by atoms with Gasteiger partial charge in [-0.15, -0.1) is 0 Å². The average Bonchev–Trinajstić information content (AvgIpc) is 2.50. The number of hydrogen-bond donors (Lipinski definition) is 1. The lowest BCUT2D eigenvalue weighted by atomic mass is 10.1. The number of esters is 2. The highest BCUT2D eigenvalue weighted by atomic mass is 16.7. The third kappa shape index (κ3) is 9.83. The average molecular weight is 343 g/mol. The Morgan fingerprint density at radius 2 is 1.88 bits per heavy atom. The lowest BCUT2D eigenvalue weighted by Crippen LogP contribution is -2.41. The van der Waals surface area contributed by atoms with E-state index in [0.29, 0.717) is 0 Å². The molecule has 0 aliphatic carbocycles. The van der Waals surface area contributed by atoms with Gasteiger partial charge < -0.3 is 19.7 Å². The minimum absolute atomic E-state index is 0.00156. The Bertz CT molecular complexity index is 474. The number of rotatable bonds is 12. The number of nitrogens with one attached hydrogen (secondary N) is 1. The minimum atomic E-state index is -0.779. The van der Waals surface area contributed by atoms with Crippen LogP contribution < -0.4 is 5.32 Å². The summed E-state index contributed by atoms with van der Waals surface area (Å²) in [7, 11) is 0. The molecular formula is C15H25N3O6. The van der Waals surface area contributed by atoms with Crippen molar-refractivity contribution in [2.24, 2.45) is 5.92 Å². The summed E-state index contributed by atoms with van der Waals surface area (Å²) in [6.07, 6.45) is 0.135. The summed E-state index contributed by atoms with van der Waals surface area (Å²) in [4.78, 5) is 37.2. The van der Waals surface area contributed by atoms with Crippen LogP contribution in [0.4, 0.5) is 0 Å². The van der Waals surface area contributed by atoms with Crippen LogP contribution in [0.15, 0.2) is 0 Å². The minimum Gasteiger partial charge on any atom is -0.465 e. The first-order valence-corrected chi connectivity index (χ1v) is 7.74. The summed E-state index contributed by atoms with van der Waals surface area (Å²) in [5.74, 6) is -1.61. The van der Waals surface area contributed by atoms with E-state index in [1.54, 1.807) is 27.7 Å². The molecule has 0 aliphatic rings. The third-order valence-electron chi connectivity index (χ3n) is 2.85. The van der Waals surface area contributed by atoms with E-state index in [4.69, 9.17) is 19.7 Å². The first-order valence-electron chi connectivity index (χ1n) is 7.74. The van der Waals surface area contributed by atoms with Crippen molar-refractivity contribution in [2.75, 3.05) is 13.3 Å². The molecule has 0 spiro atoms. The Morgan fingerprint density at radius 1 is 1.21 bits per heavy atom. The van der Waals surface area contributed by atoms with Crippen LogP contribution in [0.1, 0.15) is 40.5 Å². The highest BCUT2D eigenvalue weighted by molar-refractivity contribution is 6.25. The van der Waals surface area contributed by atoms with Crippen molar-refractivity contribution in [1.29, 1.82) is 0 Å². The maximum absolute atomic E-state index is 11.8. The molecule has 0 aromatic carbocycles. The Hall–Kier alpha value is -2.09. The molecule has 0 saturated carbocycles. The van der Waals surface area contributed by atoms with E-state index in [-0.39, 0.29) is 32.1 Å². The number of hydrogen-bond acceptors (Lipinski definition) is 7. The van der Waals surface area contributed by atoms with Crippen LogP contribution in [0.25, 0.3) is 5.53 Å². The van der Waals surface area contributed by atoms with Gasteiger partial charge in [-0.25, -0.2) is 0 Å². The zero-order valence-electron chi connectivity index (χ0n) is 14.5. The van der Waals surface area contributed by atoms with Crippen molar-refractivity contribution in [3.63, 3.8) is 0 Å². The summed E-state index contributed by atoms with van der Waals surface area (Å²) >= 11 is 0. The topological polar surface area (TPSA) is 127 Å². The molecule has 24 heavy (non-hydrogen) atoms. The molecule has 0 fully saturated rings. The molecule has 0 radical (unpaired) electrons. The summed E-state index contributed by atoms with van der Waals surface area (Å²) < 4.78 is 15.2. The quantitative estimate of drug-likeness (QED) is 0.181. The van der Waals surface area contributed by atoms with Crippen LogP contribution in [-0.4, -0.2) is 54.4 Å². The Labute approximate surface area is 141 Å². The van der Waals surface area contributed by atoms with Crippen molar-refractivity contribution in [1.82, 2.24) is 5.32 Å². The van der Waals surface area contributed by atoms with Gasteiger partial charge in [0.2, 0.25) is 12.1 Å². The normalized spacial score (nSPS) is 12.9. The van der Waals surface area contributed by atoms with E-state index >= 15 is 0 Å². The highest BCUT2D eigenvalue weighted by Crippen LogP contribution is 2.04. The van der Waals surface area contributed by atoms with Crippen LogP contribution in [0, 0.1) is 5.92 Å². The van der Waals surface area contributed by atoms with Gasteiger partial charge in [-0.1, -0.05) is 13.8 Å². The Kier molecular flexibility index (Phi) is 11.3. The van der Waals surface area contributed by atoms with E-state index in [0.717, 1.165) is 6.21 Å². The van der Waals surface area contributed by atoms with Gasteiger partial charge in [-0.3, -0.25) is 19.7 Å². The van der Waals surface area contributed by atoms with E-state index in [9.17, 15) is 14.4 Å². The van der Waals surface area contributed by atoms with E-state index < -0.39 is 30.1 Å². The van der Waals surface area contributed by atoms with Crippen molar-refractivity contribution < 1.29 is 33.4 Å². The maximum Gasteiger partial charge on any atom is 0.323 e. The first kappa shape index (κ1) is 21.9. The second kappa shape index (κ2) is 12.3. The summed E-state index contributed by atoms with van der Waals surface area (Å²) in [6.45, 7) is 6.77. The summed E-state index contributed by atoms with van der Waals surface area (Å²) in [6, 6.07) is -0.769. The molecule has 0 aromatic heterocycles. The van der Waals surface area contributed by atoms with Crippen molar-refractivity contribution in [3.05, 3.63) is 5.53 Å². The van der Waals surface area contributed by atoms with Gasteiger partial charge in [-0.2, -0.15) is 4.79 Å². The molecule has 2 unspecified atom stereocenters. The molecule has 0 rings (SSSR count). The van der Waals surface area contributed by atoms with Crippen LogP contribution in [0.5, 0.6) is 0 Å². The fourth-order valence-electron chi connectivity index (χ4n) is 1.56. The Morgan fingerprint density at radius 3 is 2.42 bits per heavy atom. The number of ether oxygens (including phenoxy) is 3. The molecular weight excluding hydrogens is 318 g/mol. The fraction of sp³-hybridized carbons (Fsp3) is 0.733. The second-order valence-corrected chi connectivity index (χ2v) is 5.23. The SMILES string of the molecule is CCOC(=O)C(CCC(=O)C=[N+]=[N-])NCOC(C)OC(=O)C(C)C. The largest absolute Gasteiger partial charge is 0.465 e. The molecule has 0 bridgehead atoms. The molecule has 0 heterocycles. The molecule has 1 N–H and O–H groups in total. The van der Waals surface area contributed by atoms with E-state index in [1.807, 2.05) is 0 Å². The molecule has 0 aliphatic heterocycles. The van der Waals surface area contributed by atoms with Crippen LogP contribution in [0.2, 0.25) is 0 Å². The summed E-state index contributed by atoms with van der Waals surface area (Å²) in [5.41, 5.74) is 8.29. The number of Topliss-reactive ketones (excluding diaryl/α,β-unsaturated/α-hetero) is 1. The second-order valence-electron chi connectivity index (χ2n) is 5.23. The number of nitrogens with zero attached hydrogens (tertiary/aromatic N) is 2. The van der Waals surface area contributed by atoms with Crippen molar-refractivity contribution in [2.45, 2.75) is 52.9 Å². The van der Waals surface area contributed by atoms with E-state index in [1.165, 1.54) is 0 Å². The highest BCUT2D eigenvalue weighted by Gasteiger charge is 2.21. The molecule has 0 saturated heterocycles. The zero-order valence-corrected chi connectivity index (χ0v) is 14.5. The van der Waals surface area contributed by atoms with Gasteiger partial charge in [-0.05, 0) is 20.3 Å². The number of carbonyl (C=O) groups excluding carboxylic acids is 3. The molecule has 0 aromatic rings. The molecule has 136 valence electrons. The maximum atomic E-state index is 11.8. The standard InChI is InChI=1S/C15H25N3O6/c1-5-22-15(21)13(7-6-12(19)8-18-16)17-9-23-11(4)24-14(20)10(2)3/h8,10-11,13,17H,5-7,9H2,1-4H3. The Balaban J connectivity index is 4.39. The van der Waals surface area contributed by atoms with E-state index in [2.05, 4.69) is 10.1 Å². The molecule has 9 nitrogen and oxygen atoms in total. The van der Waals surface area contributed by atoms with Crippen LogP contribution in [0.3, 0.4) is 0 Å². The molecule has 2 atom stereocenters. The lowest BCUT2D eigenvalue weighted by molar-refractivity contribution is -0.180. The smallest absolute Gasteiger partial charge is 0.323 e. The molecule has 0 amide bonds. The third-order valence-corrected chi connectivity index (χ3v) is 2.85. The number of ketones is 1. The predicted molar refractivity (Wildman–Crippen MR) is 83.8 cm³/mol. The fourth-order valence-corrected chi connectivity index (χ4v) is 1.56. The van der Waals surface area contributed by atoms with Crippen LogP contribution in [-0.2, 0) is 28.6 Å². The summed E-state index contributed by atoms with van der Waals surface area (Å²) in [5, 5.41) is 2.79. The number of carbonyl (C=O) groups is 3. The first-order chi connectivity index (χ1) is 11.3. The van der Waals surface area contributed by atoms with Gasteiger partial charge in [0.05, 0.1) is 12.5 Å². The monoisotopic (exact) mass is 343 g/mol. The predicted octanol–water partition coefficient (Wildman–Crippen LogP) is 0.677.